The van der Waals surface area contributed by atoms with Crippen LogP contribution in [0.5, 0.6) is 0 Å². The van der Waals surface area contributed by atoms with Gasteiger partial charge in [0.1, 0.15) is 0 Å². The molecular formula is C21H25F2N5. The normalized spacial score (nSPS) is 11.0. The number of halogens is 2. The lowest BCUT2D eigenvalue weighted by atomic mass is 10.2. The van der Waals surface area contributed by atoms with Crippen molar-refractivity contribution in [2.45, 2.75) is 53.0 Å². The van der Waals surface area contributed by atoms with Gasteiger partial charge in [0, 0.05) is 35.2 Å². The summed E-state index contributed by atoms with van der Waals surface area (Å²) in [4.78, 5) is 9.02. The molecule has 0 aliphatic carbocycles. The van der Waals surface area contributed by atoms with E-state index in [2.05, 4.69) is 27.3 Å². The number of hydrogen-bond acceptors (Lipinski definition) is 4. The predicted molar refractivity (Wildman–Crippen MR) is 107 cm³/mol. The van der Waals surface area contributed by atoms with Gasteiger partial charge in [-0.15, -0.1) is 5.10 Å². The molecule has 2 aromatic heterocycles. The van der Waals surface area contributed by atoms with Crippen LogP contribution in [-0.4, -0.2) is 19.7 Å². The van der Waals surface area contributed by atoms with Gasteiger partial charge in [-0.05, 0) is 44.5 Å². The molecular weight excluding hydrogens is 360 g/mol. The van der Waals surface area contributed by atoms with Crippen molar-refractivity contribution in [3.05, 3.63) is 53.4 Å². The molecule has 0 saturated carbocycles. The minimum absolute atomic E-state index is 0.351. The Morgan fingerprint density at radius 1 is 0.929 bits per heavy atom. The fraction of sp³-hybridized carbons (Fsp3) is 0.381. The van der Waals surface area contributed by atoms with E-state index in [4.69, 9.17) is 0 Å². The van der Waals surface area contributed by atoms with Crippen molar-refractivity contribution >= 4 is 11.6 Å². The van der Waals surface area contributed by atoms with Gasteiger partial charge in [-0.3, -0.25) is 4.98 Å². The fourth-order valence-corrected chi connectivity index (χ4v) is 3.12. The number of pyridine rings is 1. The maximum atomic E-state index is 13.5. The highest BCUT2D eigenvalue weighted by Gasteiger charge is 2.14. The first kappa shape index (κ1) is 19.9. The molecule has 0 spiro atoms. The van der Waals surface area contributed by atoms with E-state index in [-0.39, 0.29) is 0 Å². The summed E-state index contributed by atoms with van der Waals surface area (Å²) in [5.41, 5.74) is 3.15. The van der Waals surface area contributed by atoms with Crippen molar-refractivity contribution in [3.63, 3.8) is 0 Å². The highest BCUT2D eigenvalue weighted by atomic mass is 19.2. The highest BCUT2D eigenvalue weighted by molar-refractivity contribution is 5.60. The van der Waals surface area contributed by atoms with Crippen molar-refractivity contribution in [1.29, 1.82) is 0 Å². The summed E-state index contributed by atoms with van der Waals surface area (Å²) in [6.45, 7) is 6.80. The average molecular weight is 385 g/mol. The van der Waals surface area contributed by atoms with E-state index in [1.807, 2.05) is 30.7 Å². The van der Waals surface area contributed by atoms with Crippen molar-refractivity contribution in [2.24, 2.45) is 0 Å². The zero-order chi connectivity index (χ0) is 20.1. The van der Waals surface area contributed by atoms with Gasteiger partial charge in [-0.2, -0.15) is 4.98 Å². The Bertz CT molecular complexity index is 932. The minimum Gasteiger partial charge on any atom is -0.323 e. The Labute approximate surface area is 163 Å². The monoisotopic (exact) mass is 385 g/mol. The minimum atomic E-state index is -0.912. The number of aromatic nitrogens is 4. The van der Waals surface area contributed by atoms with E-state index in [1.165, 1.54) is 12.5 Å². The van der Waals surface area contributed by atoms with E-state index >= 15 is 0 Å². The Morgan fingerprint density at radius 2 is 1.68 bits per heavy atom. The van der Waals surface area contributed by atoms with Gasteiger partial charge in [0.25, 0.3) is 0 Å². The number of nitrogens with zero attached hydrogens (tertiary/aromatic N) is 4. The van der Waals surface area contributed by atoms with E-state index in [0.29, 0.717) is 11.6 Å². The number of unbranched alkanes of at least 4 members (excludes halogenated alkanes) is 3. The standard InChI is InChI=1S/C21H25F2N5/c1-4-5-6-7-10-28-20(16-11-14(2)24-15(3)12-16)26-21(27-28)25-17-8-9-18(22)19(23)13-17/h8-9,11-13H,4-7,10H2,1-3H3,(H,25,27). The van der Waals surface area contributed by atoms with Crippen molar-refractivity contribution in [2.75, 3.05) is 5.32 Å². The van der Waals surface area contributed by atoms with E-state index in [1.54, 1.807) is 0 Å². The lowest BCUT2D eigenvalue weighted by Gasteiger charge is -2.07. The third kappa shape index (κ3) is 4.91. The SMILES string of the molecule is CCCCCCn1nc(Nc2ccc(F)c(F)c2)nc1-c1cc(C)nc(C)c1. The molecule has 0 aliphatic rings. The smallest absolute Gasteiger partial charge is 0.247 e. The first-order valence-corrected chi connectivity index (χ1v) is 9.59. The van der Waals surface area contributed by atoms with Crippen LogP contribution in [0.15, 0.2) is 30.3 Å². The largest absolute Gasteiger partial charge is 0.323 e. The Morgan fingerprint density at radius 3 is 2.36 bits per heavy atom. The molecule has 28 heavy (non-hydrogen) atoms. The highest BCUT2D eigenvalue weighted by Crippen LogP contribution is 2.24. The first-order valence-electron chi connectivity index (χ1n) is 9.59. The summed E-state index contributed by atoms with van der Waals surface area (Å²) in [7, 11) is 0. The predicted octanol–water partition coefficient (Wildman–Crippen LogP) is 5.56. The maximum Gasteiger partial charge on any atom is 0.247 e. The molecule has 0 aliphatic heterocycles. The van der Waals surface area contributed by atoms with Gasteiger partial charge in [0.15, 0.2) is 17.5 Å². The molecule has 0 radical (unpaired) electrons. The van der Waals surface area contributed by atoms with E-state index in [9.17, 15) is 8.78 Å². The Hall–Kier alpha value is -2.83. The van der Waals surface area contributed by atoms with Gasteiger partial charge in [-0.25, -0.2) is 13.5 Å². The van der Waals surface area contributed by atoms with Gasteiger partial charge >= 0.3 is 0 Å². The number of rotatable bonds is 8. The molecule has 148 valence electrons. The van der Waals surface area contributed by atoms with Crippen LogP contribution in [0.4, 0.5) is 20.4 Å². The Kier molecular flexibility index (Phi) is 6.34. The zero-order valence-electron chi connectivity index (χ0n) is 16.5. The summed E-state index contributed by atoms with van der Waals surface area (Å²) < 4.78 is 28.5. The van der Waals surface area contributed by atoms with Gasteiger partial charge in [0.2, 0.25) is 5.95 Å². The first-order chi connectivity index (χ1) is 13.5. The second-order valence-corrected chi connectivity index (χ2v) is 6.94. The van der Waals surface area contributed by atoms with Gasteiger partial charge < -0.3 is 5.32 Å². The van der Waals surface area contributed by atoms with Crippen molar-refractivity contribution in [3.8, 4) is 11.4 Å². The van der Waals surface area contributed by atoms with Gasteiger partial charge in [-0.1, -0.05) is 26.2 Å². The van der Waals surface area contributed by atoms with Crippen LogP contribution in [0.1, 0.15) is 44.0 Å². The molecule has 3 aromatic rings. The van der Waals surface area contributed by atoms with Crippen LogP contribution in [0.25, 0.3) is 11.4 Å². The lowest BCUT2D eigenvalue weighted by molar-refractivity contribution is 0.509. The topological polar surface area (TPSA) is 55.6 Å². The summed E-state index contributed by atoms with van der Waals surface area (Å²) in [5.74, 6) is -0.716. The number of benzene rings is 1. The van der Waals surface area contributed by atoms with Crippen LogP contribution >= 0.6 is 0 Å². The molecule has 0 bridgehead atoms. The molecule has 3 rings (SSSR count). The molecule has 0 fully saturated rings. The zero-order valence-corrected chi connectivity index (χ0v) is 16.5. The summed E-state index contributed by atoms with van der Waals surface area (Å²) in [6, 6.07) is 7.58. The molecule has 5 nitrogen and oxygen atoms in total. The molecule has 0 amide bonds. The van der Waals surface area contributed by atoms with Crippen LogP contribution in [-0.2, 0) is 6.54 Å². The quantitative estimate of drug-likeness (QED) is 0.516. The van der Waals surface area contributed by atoms with E-state index < -0.39 is 11.6 Å². The number of nitrogens with one attached hydrogen (secondary N) is 1. The van der Waals surface area contributed by atoms with Crippen LogP contribution in [0.2, 0.25) is 0 Å². The number of aryl methyl sites for hydroxylation is 3. The molecule has 2 heterocycles. The summed E-state index contributed by atoms with van der Waals surface area (Å²) in [5, 5.41) is 7.52. The Balaban J connectivity index is 1.90. The fourth-order valence-electron chi connectivity index (χ4n) is 3.12. The summed E-state index contributed by atoms with van der Waals surface area (Å²) >= 11 is 0. The molecule has 0 unspecified atom stereocenters. The maximum absolute atomic E-state index is 13.5. The van der Waals surface area contributed by atoms with Crippen LogP contribution in [0, 0.1) is 25.5 Å². The number of hydrogen-bond donors (Lipinski definition) is 1. The van der Waals surface area contributed by atoms with Crippen LogP contribution in [0.3, 0.4) is 0 Å². The molecule has 0 atom stereocenters. The second-order valence-electron chi connectivity index (χ2n) is 6.94. The molecule has 1 aromatic carbocycles. The third-order valence-electron chi connectivity index (χ3n) is 4.41. The second kappa shape index (κ2) is 8.91. The number of anilines is 2. The summed E-state index contributed by atoms with van der Waals surface area (Å²) in [6.07, 6.45) is 4.46. The van der Waals surface area contributed by atoms with Gasteiger partial charge in [0.05, 0.1) is 0 Å². The van der Waals surface area contributed by atoms with Crippen molar-refractivity contribution < 1.29 is 8.78 Å². The molecule has 1 N–H and O–H groups in total. The lowest BCUT2D eigenvalue weighted by Crippen LogP contribution is -2.04. The van der Waals surface area contributed by atoms with Crippen LogP contribution < -0.4 is 5.32 Å². The van der Waals surface area contributed by atoms with Crippen molar-refractivity contribution in [1.82, 2.24) is 19.7 Å². The average Bonchev–Trinajstić information content (AvgIpc) is 3.04. The van der Waals surface area contributed by atoms with E-state index in [0.717, 1.165) is 60.7 Å². The molecule has 7 heteroatoms. The molecule has 0 saturated heterocycles. The third-order valence-corrected chi connectivity index (χ3v) is 4.41.